The van der Waals surface area contributed by atoms with Crippen LogP contribution >= 0.6 is 0 Å². The van der Waals surface area contributed by atoms with Crippen LogP contribution < -0.4 is 10.2 Å². The van der Waals surface area contributed by atoms with Gasteiger partial charge in [-0.1, -0.05) is 20.8 Å². The van der Waals surface area contributed by atoms with Crippen LogP contribution in [0.3, 0.4) is 0 Å². The van der Waals surface area contributed by atoms with Crippen LogP contribution in [0.4, 0.5) is 11.6 Å². The molecule has 1 aromatic rings. The van der Waals surface area contributed by atoms with E-state index in [2.05, 4.69) is 36.0 Å². The molecular weight excluding hydrogens is 252 g/mol. The Morgan fingerprint density at radius 2 is 2.15 bits per heavy atom. The zero-order valence-electron chi connectivity index (χ0n) is 13.2. The van der Waals surface area contributed by atoms with E-state index >= 15 is 0 Å². The van der Waals surface area contributed by atoms with Crippen molar-refractivity contribution in [3.63, 3.8) is 0 Å². The lowest BCUT2D eigenvalue weighted by Gasteiger charge is -2.23. The van der Waals surface area contributed by atoms with E-state index in [-0.39, 0.29) is 5.41 Å². The molecule has 20 heavy (non-hydrogen) atoms. The molecule has 1 aromatic heterocycles. The van der Waals surface area contributed by atoms with Crippen molar-refractivity contribution in [3.8, 4) is 0 Å². The molecule has 0 bridgehead atoms. The minimum atomic E-state index is -0.0483. The van der Waals surface area contributed by atoms with E-state index in [1.165, 1.54) is 0 Å². The molecule has 1 N–H and O–H groups in total. The van der Waals surface area contributed by atoms with Crippen molar-refractivity contribution in [2.45, 2.75) is 32.6 Å². The predicted molar refractivity (Wildman–Crippen MR) is 82.5 cm³/mol. The van der Waals surface area contributed by atoms with Gasteiger partial charge in [-0.25, -0.2) is 9.97 Å². The van der Waals surface area contributed by atoms with Crippen molar-refractivity contribution in [1.29, 1.82) is 0 Å². The monoisotopic (exact) mass is 278 g/mol. The van der Waals surface area contributed by atoms with Crippen molar-refractivity contribution >= 4 is 11.6 Å². The molecule has 0 saturated carbocycles. The molecule has 1 atom stereocenters. The van der Waals surface area contributed by atoms with Gasteiger partial charge in [0, 0.05) is 44.6 Å². The second-order valence-electron chi connectivity index (χ2n) is 6.49. The Morgan fingerprint density at radius 3 is 2.75 bits per heavy atom. The molecule has 5 nitrogen and oxygen atoms in total. The lowest BCUT2D eigenvalue weighted by Crippen LogP contribution is -2.25. The Morgan fingerprint density at radius 1 is 1.40 bits per heavy atom. The van der Waals surface area contributed by atoms with Crippen LogP contribution in [0, 0.1) is 5.92 Å². The summed E-state index contributed by atoms with van der Waals surface area (Å²) >= 11 is 0. The number of hydrogen-bond acceptors (Lipinski definition) is 5. The molecule has 1 unspecified atom stereocenters. The highest BCUT2D eigenvalue weighted by Crippen LogP contribution is 2.27. The molecule has 0 radical (unpaired) electrons. The standard InChI is InChI=1S/C15H26N4O/c1-15(2,3)14-17-12(16-4)8-13(18-14)19-7-6-11(9-19)10-20-5/h8,11H,6-7,9-10H2,1-5H3,(H,16,17,18). The van der Waals surface area contributed by atoms with Gasteiger partial charge in [-0.2, -0.15) is 0 Å². The summed E-state index contributed by atoms with van der Waals surface area (Å²) in [5.41, 5.74) is -0.0483. The summed E-state index contributed by atoms with van der Waals surface area (Å²) in [6.07, 6.45) is 1.16. The molecule has 1 saturated heterocycles. The maximum Gasteiger partial charge on any atom is 0.138 e. The number of nitrogens with zero attached hydrogens (tertiary/aromatic N) is 3. The van der Waals surface area contributed by atoms with Crippen molar-refractivity contribution in [1.82, 2.24) is 9.97 Å². The first-order valence-electron chi connectivity index (χ1n) is 7.25. The Bertz CT molecular complexity index is 456. The fourth-order valence-corrected chi connectivity index (χ4v) is 2.47. The zero-order chi connectivity index (χ0) is 14.8. The Hall–Kier alpha value is -1.36. The molecule has 0 aromatic carbocycles. The minimum absolute atomic E-state index is 0.0483. The number of hydrogen-bond donors (Lipinski definition) is 1. The fraction of sp³-hybridized carbons (Fsp3) is 0.733. The van der Waals surface area contributed by atoms with Crippen molar-refractivity contribution < 1.29 is 4.74 Å². The molecule has 1 fully saturated rings. The quantitative estimate of drug-likeness (QED) is 0.915. The van der Waals surface area contributed by atoms with Crippen molar-refractivity contribution in [2.75, 3.05) is 44.1 Å². The number of anilines is 2. The first-order chi connectivity index (χ1) is 9.44. The smallest absolute Gasteiger partial charge is 0.138 e. The third kappa shape index (κ3) is 3.39. The summed E-state index contributed by atoms with van der Waals surface area (Å²) < 4.78 is 5.26. The normalized spacial score (nSPS) is 19.4. The molecule has 0 amide bonds. The first kappa shape index (κ1) is 15.0. The van der Waals surface area contributed by atoms with E-state index in [4.69, 9.17) is 9.72 Å². The highest BCUT2D eigenvalue weighted by atomic mass is 16.5. The lowest BCUT2D eigenvalue weighted by molar-refractivity contribution is 0.161. The largest absolute Gasteiger partial charge is 0.384 e. The second kappa shape index (κ2) is 5.95. The summed E-state index contributed by atoms with van der Waals surface area (Å²) in [6, 6.07) is 2.03. The van der Waals surface area contributed by atoms with Gasteiger partial charge in [-0.15, -0.1) is 0 Å². The van der Waals surface area contributed by atoms with Crippen molar-refractivity contribution in [2.24, 2.45) is 5.92 Å². The molecule has 2 heterocycles. The molecule has 0 aliphatic carbocycles. The van der Waals surface area contributed by atoms with Crippen LogP contribution in [0.2, 0.25) is 0 Å². The summed E-state index contributed by atoms with van der Waals surface area (Å²) in [4.78, 5) is 11.7. The van der Waals surface area contributed by atoms with Gasteiger partial charge in [-0.05, 0) is 6.42 Å². The van der Waals surface area contributed by atoms with Gasteiger partial charge in [-0.3, -0.25) is 0 Å². The van der Waals surface area contributed by atoms with Gasteiger partial charge in [0.15, 0.2) is 0 Å². The molecule has 0 spiro atoms. The predicted octanol–water partition coefficient (Wildman–Crippen LogP) is 2.29. The summed E-state index contributed by atoms with van der Waals surface area (Å²) in [6.45, 7) is 9.30. The summed E-state index contributed by atoms with van der Waals surface area (Å²) in [5, 5.41) is 3.14. The summed E-state index contributed by atoms with van der Waals surface area (Å²) in [5.74, 6) is 3.39. The Kier molecular flexibility index (Phi) is 4.48. The first-order valence-corrected chi connectivity index (χ1v) is 7.25. The van der Waals surface area contributed by atoms with E-state index in [9.17, 15) is 0 Å². The SMILES string of the molecule is CNc1cc(N2CCC(COC)C2)nc(C(C)(C)C)n1. The van der Waals surface area contributed by atoms with Gasteiger partial charge in [0.1, 0.15) is 17.5 Å². The average molecular weight is 278 g/mol. The van der Waals surface area contributed by atoms with E-state index in [0.717, 1.165) is 43.6 Å². The molecule has 1 aliphatic heterocycles. The van der Waals surface area contributed by atoms with E-state index < -0.39 is 0 Å². The maximum absolute atomic E-state index is 5.26. The topological polar surface area (TPSA) is 50.3 Å². The van der Waals surface area contributed by atoms with Crippen LogP contribution in [0.5, 0.6) is 0 Å². The third-order valence-electron chi connectivity index (χ3n) is 3.65. The number of aromatic nitrogens is 2. The third-order valence-corrected chi connectivity index (χ3v) is 3.65. The van der Waals surface area contributed by atoms with Crippen molar-refractivity contribution in [3.05, 3.63) is 11.9 Å². The van der Waals surface area contributed by atoms with Gasteiger partial charge < -0.3 is 15.0 Å². The van der Waals surface area contributed by atoms with Gasteiger partial charge >= 0.3 is 0 Å². The lowest BCUT2D eigenvalue weighted by atomic mass is 9.96. The average Bonchev–Trinajstić information content (AvgIpc) is 2.86. The van der Waals surface area contributed by atoms with Gasteiger partial charge in [0.25, 0.3) is 0 Å². The Labute approximate surface area is 121 Å². The fourth-order valence-electron chi connectivity index (χ4n) is 2.47. The number of rotatable bonds is 4. The van der Waals surface area contributed by atoms with E-state index in [0.29, 0.717) is 5.92 Å². The molecule has 2 rings (SSSR count). The van der Waals surface area contributed by atoms with E-state index in [1.54, 1.807) is 7.11 Å². The van der Waals surface area contributed by atoms with Crippen LogP contribution in [-0.2, 0) is 10.2 Å². The number of nitrogens with one attached hydrogen (secondary N) is 1. The second-order valence-corrected chi connectivity index (χ2v) is 6.49. The molecule has 112 valence electrons. The number of ether oxygens (including phenoxy) is 1. The highest BCUT2D eigenvalue weighted by molar-refractivity contribution is 5.50. The van der Waals surface area contributed by atoms with Gasteiger partial charge in [0.2, 0.25) is 0 Å². The molecule has 1 aliphatic rings. The van der Waals surface area contributed by atoms with Crippen LogP contribution in [0.15, 0.2) is 6.07 Å². The summed E-state index contributed by atoms with van der Waals surface area (Å²) in [7, 11) is 3.67. The van der Waals surface area contributed by atoms with Crippen LogP contribution in [0.1, 0.15) is 33.0 Å². The van der Waals surface area contributed by atoms with Gasteiger partial charge in [0.05, 0.1) is 6.61 Å². The molecule has 5 heteroatoms. The Balaban J connectivity index is 2.23. The number of methoxy groups -OCH3 is 1. The highest BCUT2D eigenvalue weighted by Gasteiger charge is 2.26. The maximum atomic E-state index is 5.26. The van der Waals surface area contributed by atoms with E-state index in [1.807, 2.05) is 13.1 Å². The minimum Gasteiger partial charge on any atom is -0.384 e. The zero-order valence-corrected chi connectivity index (χ0v) is 13.2. The van der Waals surface area contributed by atoms with Crippen LogP contribution in [-0.4, -0.2) is 43.8 Å². The van der Waals surface area contributed by atoms with Crippen LogP contribution in [0.25, 0.3) is 0 Å². The molecular formula is C15H26N4O.